The quantitative estimate of drug-likeness (QED) is 0.606. The summed E-state index contributed by atoms with van der Waals surface area (Å²) in [5.74, 6) is -1.58. The molecule has 0 radical (unpaired) electrons. The van der Waals surface area contributed by atoms with E-state index in [-0.39, 0.29) is 11.5 Å². The Morgan fingerprint density at radius 1 is 1.19 bits per heavy atom. The van der Waals surface area contributed by atoms with Crippen molar-refractivity contribution in [2.45, 2.75) is 17.1 Å². The van der Waals surface area contributed by atoms with E-state index in [1.54, 1.807) is 31.2 Å². The maximum absolute atomic E-state index is 13.8. The summed E-state index contributed by atoms with van der Waals surface area (Å²) < 4.78 is 32.0. The predicted molar refractivity (Wildman–Crippen MR) is 78.0 cm³/mol. The first-order chi connectivity index (χ1) is 10.1. The van der Waals surface area contributed by atoms with E-state index in [9.17, 15) is 13.6 Å². The van der Waals surface area contributed by atoms with E-state index in [1.165, 1.54) is 0 Å². The van der Waals surface area contributed by atoms with Crippen molar-refractivity contribution in [1.29, 1.82) is 0 Å². The summed E-state index contributed by atoms with van der Waals surface area (Å²) >= 11 is 0.941. The molecule has 0 saturated heterocycles. The molecule has 0 N–H and O–H groups in total. The molecule has 0 bridgehead atoms. The van der Waals surface area contributed by atoms with Crippen molar-refractivity contribution in [1.82, 2.24) is 0 Å². The number of rotatable bonds is 5. The van der Waals surface area contributed by atoms with E-state index in [0.29, 0.717) is 5.56 Å². The van der Waals surface area contributed by atoms with Crippen LogP contribution < -0.4 is 0 Å². The number of esters is 1. The first-order valence-electron chi connectivity index (χ1n) is 6.45. The van der Waals surface area contributed by atoms with Crippen LogP contribution in [0.3, 0.4) is 0 Å². The Hall–Kier alpha value is -1.88. The van der Waals surface area contributed by atoms with Gasteiger partial charge in [0.15, 0.2) is 0 Å². The summed E-state index contributed by atoms with van der Waals surface area (Å²) in [6, 6.07) is 12.1. The summed E-state index contributed by atoms with van der Waals surface area (Å²) in [5, 5.41) is -0.734. The molecule has 0 saturated carbocycles. The maximum Gasteiger partial charge on any atom is 0.323 e. The van der Waals surface area contributed by atoms with E-state index >= 15 is 0 Å². The Labute approximate surface area is 126 Å². The number of hydrogen-bond donors (Lipinski definition) is 0. The fraction of sp³-hybridized carbons (Fsp3) is 0.188. The minimum absolute atomic E-state index is 0.0805. The minimum atomic E-state index is -0.734. The molecule has 0 aromatic heterocycles. The summed E-state index contributed by atoms with van der Waals surface area (Å²) in [5.41, 5.74) is 0.685. The molecule has 21 heavy (non-hydrogen) atoms. The van der Waals surface area contributed by atoms with Crippen LogP contribution in [0, 0.1) is 11.6 Å². The van der Waals surface area contributed by atoms with Gasteiger partial charge in [0, 0.05) is 4.90 Å². The van der Waals surface area contributed by atoms with E-state index in [4.69, 9.17) is 4.74 Å². The number of ether oxygens (including phenoxy) is 1. The Morgan fingerprint density at radius 2 is 1.90 bits per heavy atom. The zero-order valence-corrected chi connectivity index (χ0v) is 12.2. The highest BCUT2D eigenvalue weighted by molar-refractivity contribution is 8.00. The van der Waals surface area contributed by atoms with Crippen LogP contribution in [0.4, 0.5) is 8.78 Å². The van der Waals surface area contributed by atoms with Crippen molar-refractivity contribution in [2.75, 3.05) is 6.61 Å². The van der Waals surface area contributed by atoms with Gasteiger partial charge in [-0.1, -0.05) is 30.3 Å². The highest BCUT2D eigenvalue weighted by atomic mass is 32.2. The Kier molecular flexibility index (Phi) is 5.33. The van der Waals surface area contributed by atoms with Crippen molar-refractivity contribution in [3.05, 3.63) is 65.7 Å². The Bertz CT molecular complexity index is 617. The number of halogens is 2. The summed E-state index contributed by atoms with van der Waals surface area (Å²) in [6.45, 7) is 1.93. The molecule has 2 aromatic carbocycles. The third kappa shape index (κ3) is 4.04. The first-order valence-corrected chi connectivity index (χ1v) is 7.33. The predicted octanol–water partition coefficient (Wildman–Crippen LogP) is 4.36. The number of hydrogen-bond acceptors (Lipinski definition) is 3. The molecule has 1 atom stereocenters. The lowest BCUT2D eigenvalue weighted by Crippen LogP contribution is -2.13. The molecule has 0 fully saturated rings. The first kappa shape index (κ1) is 15.5. The smallest absolute Gasteiger partial charge is 0.323 e. The van der Waals surface area contributed by atoms with E-state index in [2.05, 4.69) is 0 Å². The Balaban J connectivity index is 2.32. The molecule has 0 amide bonds. The fourth-order valence-corrected chi connectivity index (χ4v) is 2.87. The van der Waals surface area contributed by atoms with Gasteiger partial charge in [-0.05, 0) is 30.7 Å². The standard InChI is InChI=1S/C16H14F2O2S/c1-2-20-16(19)15(11-6-4-3-5-7-11)21-14-10-12(17)8-9-13(14)18/h3-10,15H,2H2,1H3. The lowest BCUT2D eigenvalue weighted by atomic mass is 10.1. The van der Waals surface area contributed by atoms with Crippen LogP contribution in [-0.4, -0.2) is 12.6 Å². The van der Waals surface area contributed by atoms with Gasteiger partial charge in [0.2, 0.25) is 0 Å². The van der Waals surface area contributed by atoms with E-state index < -0.39 is 22.9 Å². The van der Waals surface area contributed by atoms with Gasteiger partial charge in [0.05, 0.1) is 6.61 Å². The van der Waals surface area contributed by atoms with Gasteiger partial charge < -0.3 is 4.74 Å². The van der Waals surface area contributed by atoms with Crippen molar-refractivity contribution < 1.29 is 18.3 Å². The van der Waals surface area contributed by atoms with Gasteiger partial charge >= 0.3 is 5.97 Å². The van der Waals surface area contributed by atoms with Gasteiger partial charge in [-0.15, -0.1) is 11.8 Å². The lowest BCUT2D eigenvalue weighted by Gasteiger charge is -2.16. The van der Waals surface area contributed by atoms with E-state index in [1.807, 2.05) is 6.07 Å². The van der Waals surface area contributed by atoms with Crippen molar-refractivity contribution in [2.24, 2.45) is 0 Å². The monoisotopic (exact) mass is 308 g/mol. The SMILES string of the molecule is CCOC(=O)C(Sc1cc(F)ccc1F)c1ccccc1. The zero-order chi connectivity index (χ0) is 15.2. The molecule has 2 nitrogen and oxygen atoms in total. The number of carbonyl (C=O) groups excluding carboxylic acids is 1. The van der Waals surface area contributed by atoms with Crippen LogP contribution in [0.15, 0.2) is 53.4 Å². The minimum Gasteiger partial charge on any atom is -0.465 e. The van der Waals surface area contributed by atoms with Crippen molar-refractivity contribution >= 4 is 17.7 Å². The third-order valence-electron chi connectivity index (χ3n) is 2.74. The van der Waals surface area contributed by atoms with Gasteiger partial charge in [-0.2, -0.15) is 0 Å². The van der Waals surface area contributed by atoms with Crippen molar-refractivity contribution in [3.8, 4) is 0 Å². The van der Waals surface area contributed by atoms with Gasteiger partial charge in [0.25, 0.3) is 0 Å². The molecule has 5 heteroatoms. The number of thioether (sulfide) groups is 1. The maximum atomic E-state index is 13.8. The van der Waals surface area contributed by atoms with Crippen LogP contribution in [0.5, 0.6) is 0 Å². The van der Waals surface area contributed by atoms with Crippen molar-refractivity contribution in [3.63, 3.8) is 0 Å². The second kappa shape index (κ2) is 7.22. The molecular weight excluding hydrogens is 294 g/mol. The lowest BCUT2D eigenvalue weighted by molar-refractivity contribution is -0.142. The second-order valence-electron chi connectivity index (χ2n) is 4.24. The average molecular weight is 308 g/mol. The fourth-order valence-electron chi connectivity index (χ4n) is 1.79. The molecule has 110 valence electrons. The highest BCUT2D eigenvalue weighted by Gasteiger charge is 2.24. The number of carbonyl (C=O) groups is 1. The van der Waals surface area contributed by atoms with Crippen LogP contribution in [0.25, 0.3) is 0 Å². The van der Waals surface area contributed by atoms with Crippen LogP contribution in [0.2, 0.25) is 0 Å². The van der Waals surface area contributed by atoms with Crippen LogP contribution >= 0.6 is 11.8 Å². The highest BCUT2D eigenvalue weighted by Crippen LogP contribution is 2.37. The van der Waals surface area contributed by atoms with Gasteiger partial charge in [0.1, 0.15) is 16.9 Å². The molecular formula is C16H14F2O2S. The Morgan fingerprint density at radius 3 is 2.57 bits per heavy atom. The molecule has 1 unspecified atom stereocenters. The molecule has 2 rings (SSSR count). The average Bonchev–Trinajstić information content (AvgIpc) is 2.49. The second-order valence-corrected chi connectivity index (χ2v) is 5.38. The largest absolute Gasteiger partial charge is 0.465 e. The molecule has 0 heterocycles. The molecule has 2 aromatic rings. The summed E-state index contributed by atoms with van der Waals surface area (Å²) in [6.07, 6.45) is 0. The van der Waals surface area contributed by atoms with Gasteiger partial charge in [-0.25, -0.2) is 8.78 Å². The van der Waals surface area contributed by atoms with E-state index in [0.717, 1.165) is 30.0 Å². The summed E-state index contributed by atoms with van der Waals surface area (Å²) in [4.78, 5) is 12.2. The number of benzene rings is 2. The van der Waals surface area contributed by atoms with Crippen LogP contribution in [0.1, 0.15) is 17.7 Å². The molecule has 0 spiro atoms. The molecule has 0 aliphatic carbocycles. The molecule has 0 aliphatic rings. The van der Waals surface area contributed by atoms with Crippen LogP contribution in [-0.2, 0) is 9.53 Å². The zero-order valence-electron chi connectivity index (χ0n) is 11.4. The normalized spacial score (nSPS) is 12.0. The third-order valence-corrected chi connectivity index (χ3v) is 4.01. The summed E-state index contributed by atoms with van der Waals surface area (Å²) in [7, 11) is 0. The molecule has 0 aliphatic heterocycles. The topological polar surface area (TPSA) is 26.3 Å². The van der Waals surface area contributed by atoms with Gasteiger partial charge in [-0.3, -0.25) is 4.79 Å².